The van der Waals surface area contributed by atoms with Crippen molar-refractivity contribution in [1.82, 2.24) is 0 Å². The SMILES string of the molecule is CCOc1cc(Cl)c(C(=O)c2ccc(C)c(Br)c2)cc1Cl. The van der Waals surface area contributed by atoms with Crippen LogP contribution in [0.2, 0.25) is 10.0 Å². The van der Waals surface area contributed by atoms with Crippen molar-refractivity contribution in [2.75, 3.05) is 6.61 Å². The summed E-state index contributed by atoms with van der Waals surface area (Å²) in [6, 6.07) is 8.54. The second-order valence-electron chi connectivity index (χ2n) is 4.49. The minimum atomic E-state index is -0.175. The third-order valence-electron chi connectivity index (χ3n) is 3.00. The third-order valence-corrected chi connectivity index (χ3v) is 4.46. The predicted molar refractivity (Wildman–Crippen MR) is 89.9 cm³/mol. The van der Waals surface area contributed by atoms with Crippen LogP contribution >= 0.6 is 39.1 Å². The van der Waals surface area contributed by atoms with Crippen molar-refractivity contribution in [1.29, 1.82) is 0 Å². The summed E-state index contributed by atoms with van der Waals surface area (Å²) in [5.74, 6) is 0.302. The number of benzene rings is 2. The molecular weight excluding hydrogens is 375 g/mol. The van der Waals surface area contributed by atoms with Crippen LogP contribution in [0.4, 0.5) is 0 Å². The fourth-order valence-electron chi connectivity index (χ4n) is 1.86. The van der Waals surface area contributed by atoms with Crippen LogP contribution in [-0.4, -0.2) is 12.4 Å². The van der Waals surface area contributed by atoms with E-state index < -0.39 is 0 Å². The van der Waals surface area contributed by atoms with E-state index in [0.717, 1.165) is 10.0 Å². The number of carbonyl (C=O) groups is 1. The van der Waals surface area contributed by atoms with Crippen molar-refractivity contribution < 1.29 is 9.53 Å². The first kappa shape index (κ1) is 16.3. The lowest BCUT2D eigenvalue weighted by atomic mass is 10.0. The number of hydrogen-bond acceptors (Lipinski definition) is 2. The summed E-state index contributed by atoms with van der Waals surface area (Å²) in [4.78, 5) is 12.5. The Balaban J connectivity index is 2.43. The summed E-state index contributed by atoms with van der Waals surface area (Å²) in [6.45, 7) is 4.29. The highest BCUT2D eigenvalue weighted by atomic mass is 79.9. The van der Waals surface area contributed by atoms with Gasteiger partial charge in [-0.2, -0.15) is 0 Å². The van der Waals surface area contributed by atoms with Crippen LogP contribution in [0.3, 0.4) is 0 Å². The fourth-order valence-corrected chi connectivity index (χ4v) is 2.69. The van der Waals surface area contributed by atoms with Crippen LogP contribution in [0.5, 0.6) is 5.75 Å². The molecule has 0 bridgehead atoms. The number of ether oxygens (including phenoxy) is 1. The van der Waals surface area contributed by atoms with Crippen LogP contribution in [0.1, 0.15) is 28.4 Å². The van der Waals surface area contributed by atoms with Crippen molar-refractivity contribution in [2.45, 2.75) is 13.8 Å². The lowest BCUT2D eigenvalue weighted by Gasteiger charge is -2.10. The maximum atomic E-state index is 12.5. The van der Waals surface area contributed by atoms with Crippen molar-refractivity contribution in [3.8, 4) is 5.75 Å². The van der Waals surface area contributed by atoms with Crippen molar-refractivity contribution in [2.24, 2.45) is 0 Å². The van der Waals surface area contributed by atoms with E-state index in [1.807, 2.05) is 19.9 Å². The van der Waals surface area contributed by atoms with Gasteiger partial charge in [0.2, 0.25) is 0 Å². The van der Waals surface area contributed by atoms with Gasteiger partial charge in [0.05, 0.1) is 16.7 Å². The molecule has 2 aromatic carbocycles. The molecule has 0 saturated heterocycles. The maximum Gasteiger partial charge on any atom is 0.194 e. The number of aryl methyl sites for hydroxylation is 1. The van der Waals surface area contributed by atoms with E-state index in [1.165, 1.54) is 0 Å². The number of ketones is 1. The first-order chi connectivity index (χ1) is 9.93. The van der Waals surface area contributed by atoms with E-state index in [-0.39, 0.29) is 5.78 Å². The van der Waals surface area contributed by atoms with Gasteiger partial charge in [-0.05, 0) is 31.5 Å². The second-order valence-corrected chi connectivity index (χ2v) is 6.16. The van der Waals surface area contributed by atoms with Gasteiger partial charge >= 0.3 is 0 Å². The summed E-state index contributed by atoms with van der Waals surface area (Å²) in [7, 11) is 0. The quantitative estimate of drug-likeness (QED) is 0.629. The third kappa shape index (κ3) is 3.60. The second kappa shape index (κ2) is 6.82. The Morgan fingerprint density at radius 1 is 1.19 bits per heavy atom. The molecule has 2 aromatic rings. The first-order valence-electron chi connectivity index (χ1n) is 6.36. The molecule has 0 unspecified atom stereocenters. The van der Waals surface area contributed by atoms with Crippen LogP contribution in [0.15, 0.2) is 34.8 Å². The monoisotopic (exact) mass is 386 g/mol. The topological polar surface area (TPSA) is 26.3 Å². The standard InChI is InChI=1S/C16H13BrCl2O2/c1-3-21-15-8-13(18)11(7-14(15)19)16(20)10-5-4-9(2)12(17)6-10/h4-8H,3H2,1-2H3. The average Bonchev–Trinajstić information content (AvgIpc) is 2.45. The molecule has 0 aromatic heterocycles. The highest BCUT2D eigenvalue weighted by Gasteiger charge is 2.17. The van der Waals surface area contributed by atoms with E-state index in [1.54, 1.807) is 24.3 Å². The summed E-state index contributed by atoms with van der Waals surface area (Å²) in [5.41, 5.74) is 1.97. The van der Waals surface area contributed by atoms with Gasteiger partial charge in [0.15, 0.2) is 5.78 Å². The normalized spacial score (nSPS) is 10.5. The zero-order chi connectivity index (χ0) is 15.6. The van der Waals surface area contributed by atoms with Gasteiger partial charge < -0.3 is 4.74 Å². The molecule has 0 aliphatic rings. The highest BCUT2D eigenvalue weighted by Crippen LogP contribution is 2.32. The minimum absolute atomic E-state index is 0.175. The van der Waals surface area contributed by atoms with E-state index >= 15 is 0 Å². The fraction of sp³-hybridized carbons (Fsp3) is 0.188. The van der Waals surface area contributed by atoms with Gasteiger partial charge in [0.1, 0.15) is 5.75 Å². The molecule has 21 heavy (non-hydrogen) atoms. The number of rotatable bonds is 4. The Morgan fingerprint density at radius 2 is 1.90 bits per heavy atom. The Labute approximate surface area is 142 Å². The minimum Gasteiger partial charge on any atom is -0.492 e. The van der Waals surface area contributed by atoms with Gasteiger partial charge in [-0.25, -0.2) is 0 Å². The molecule has 0 heterocycles. The van der Waals surface area contributed by atoms with Crippen LogP contribution < -0.4 is 4.74 Å². The molecule has 0 radical (unpaired) electrons. The molecule has 0 fully saturated rings. The van der Waals surface area contributed by atoms with Crippen molar-refractivity contribution in [3.63, 3.8) is 0 Å². The van der Waals surface area contributed by atoms with Crippen molar-refractivity contribution >= 4 is 44.9 Å². The predicted octanol–water partition coefficient (Wildman–Crippen LogP) is 5.69. The van der Waals surface area contributed by atoms with Gasteiger partial charge in [-0.15, -0.1) is 0 Å². The summed E-state index contributed by atoms with van der Waals surface area (Å²) in [5, 5.41) is 0.695. The zero-order valence-corrected chi connectivity index (χ0v) is 14.6. The van der Waals surface area contributed by atoms with Gasteiger partial charge in [0, 0.05) is 21.7 Å². The molecule has 0 saturated carbocycles. The zero-order valence-electron chi connectivity index (χ0n) is 11.5. The molecule has 0 aliphatic carbocycles. The average molecular weight is 388 g/mol. The Morgan fingerprint density at radius 3 is 2.52 bits per heavy atom. The Bertz CT molecular complexity index is 699. The first-order valence-corrected chi connectivity index (χ1v) is 7.91. The van der Waals surface area contributed by atoms with Crippen LogP contribution in [0.25, 0.3) is 0 Å². The van der Waals surface area contributed by atoms with Crippen LogP contribution in [-0.2, 0) is 0 Å². The molecule has 0 atom stereocenters. The molecule has 0 spiro atoms. The van der Waals surface area contributed by atoms with E-state index in [9.17, 15) is 4.79 Å². The number of halogens is 3. The molecule has 110 valence electrons. The van der Waals surface area contributed by atoms with Gasteiger partial charge in [0.25, 0.3) is 0 Å². The smallest absolute Gasteiger partial charge is 0.194 e. The summed E-state index contributed by atoms with van der Waals surface area (Å²) < 4.78 is 6.23. The molecule has 2 rings (SSSR count). The molecule has 5 heteroatoms. The Hall–Kier alpha value is -1.03. The molecule has 0 aliphatic heterocycles. The number of hydrogen-bond donors (Lipinski definition) is 0. The van der Waals surface area contributed by atoms with E-state index in [2.05, 4.69) is 15.9 Å². The van der Waals surface area contributed by atoms with E-state index in [4.69, 9.17) is 27.9 Å². The summed E-state index contributed by atoms with van der Waals surface area (Å²) >= 11 is 15.7. The lowest BCUT2D eigenvalue weighted by molar-refractivity contribution is 0.103. The molecular formula is C16H13BrCl2O2. The number of carbonyl (C=O) groups excluding carboxylic acids is 1. The largest absolute Gasteiger partial charge is 0.492 e. The Kier molecular flexibility index (Phi) is 5.31. The summed E-state index contributed by atoms with van der Waals surface area (Å²) in [6.07, 6.45) is 0. The highest BCUT2D eigenvalue weighted by molar-refractivity contribution is 9.10. The van der Waals surface area contributed by atoms with Gasteiger partial charge in [-0.1, -0.05) is 51.3 Å². The van der Waals surface area contributed by atoms with Crippen LogP contribution in [0, 0.1) is 6.92 Å². The lowest BCUT2D eigenvalue weighted by Crippen LogP contribution is -2.04. The van der Waals surface area contributed by atoms with Gasteiger partial charge in [-0.3, -0.25) is 4.79 Å². The maximum absolute atomic E-state index is 12.5. The van der Waals surface area contributed by atoms with Crippen molar-refractivity contribution in [3.05, 3.63) is 61.5 Å². The van der Waals surface area contributed by atoms with E-state index in [0.29, 0.717) is 33.5 Å². The molecule has 0 N–H and O–H groups in total. The molecule has 2 nitrogen and oxygen atoms in total. The molecule has 0 amide bonds.